The number of ether oxygens (including phenoxy) is 1. The molecule has 5 heteroatoms. The molecular formula is C11H22N2O3. The third-order valence-electron chi connectivity index (χ3n) is 3.01. The molecule has 2 atom stereocenters. The van der Waals surface area contributed by atoms with Crippen molar-refractivity contribution in [2.75, 3.05) is 32.9 Å². The number of morpholine rings is 1. The van der Waals surface area contributed by atoms with Crippen LogP contribution in [0.2, 0.25) is 0 Å². The number of rotatable bonds is 5. The third kappa shape index (κ3) is 3.73. The molecule has 0 radical (unpaired) electrons. The minimum absolute atomic E-state index is 0.0296. The zero-order chi connectivity index (χ0) is 12.0. The molecule has 5 nitrogen and oxygen atoms in total. The summed E-state index contributed by atoms with van der Waals surface area (Å²) in [4.78, 5) is 13.6. The average molecular weight is 230 g/mol. The van der Waals surface area contributed by atoms with Crippen LogP contribution < -0.4 is 5.73 Å². The van der Waals surface area contributed by atoms with Crippen LogP contribution in [0.5, 0.6) is 0 Å². The molecule has 0 aromatic carbocycles. The lowest BCUT2D eigenvalue weighted by molar-refractivity contribution is -0.141. The maximum absolute atomic E-state index is 11.9. The van der Waals surface area contributed by atoms with Gasteiger partial charge in [-0.1, -0.05) is 6.92 Å². The van der Waals surface area contributed by atoms with E-state index in [4.69, 9.17) is 15.6 Å². The minimum Gasteiger partial charge on any atom is -0.394 e. The van der Waals surface area contributed by atoms with Crippen molar-refractivity contribution in [2.45, 2.75) is 25.8 Å². The molecule has 1 aliphatic heterocycles. The van der Waals surface area contributed by atoms with Gasteiger partial charge < -0.3 is 20.5 Å². The molecule has 1 fully saturated rings. The van der Waals surface area contributed by atoms with E-state index in [1.54, 1.807) is 4.90 Å². The maximum Gasteiger partial charge on any atom is 0.223 e. The molecule has 1 saturated heterocycles. The largest absolute Gasteiger partial charge is 0.394 e. The highest BCUT2D eigenvalue weighted by Crippen LogP contribution is 2.11. The minimum atomic E-state index is -0.172. The lowest BCUT2D eigenvalue weighted by Gasteiger charge is -2.34. The van der Waals surface area contributed by atoms with Gasteiger partial charge in [-0.25, -0.2) is 0 Å². The van der Waals surface area contributed by atoms with Crippen LogP contribution in [0.25, 0.3) is 0 Å². The summed E-state index contributed by atoms with van der Waals surface area (Å²) < 4.78 is 5.23. The predicted molar refractivity (Wildman–Crippen MR) is 60.9 cm³/mol. The Hall–Kier alpha value is -0.650. The smallest absolute Gasteiger partial charge is 0.223 e. The Morgan fingerprint density at radius 2 is 2.44 bits per heavy atom. The first-order valence-corrected chi connectivity index (χ1v) is 5.87. The van der Waals surface area contributed by atoms with Gasteiger partial charge in [0.05, 0.1) is 25.9 Å². The first kappa shape index (κ1) is 13.4. The van der Waals surface area contributed by atoms with Gasteiger partial charge in [-0.2, -0.15) is 0 Å². The fraction of sp³-hybridized carbons (Fsp3) is 0.909. The molecule has 1 amide bonds. The quantitative estimate of drug-likeness (QED) is 0.672. The Morgan fingerprint density at radius 1 is 1.69 bits per heavy atom. The SMILES string of the molecule is CC(CN)CCC(=O)N1CCOCC1CO. The first-order valence-electron chi connectivity index (χ1n) is 5.87. The molecule has 2 unspecified atom stereocenters. The fourth-order valence-electron chi connectivity index (χ4n) is 1.77. The zero-order valence-corrected chi connectivity index (χ0v) is 9.89. The normalized spacial score (nSPS) is 23.2. The van der Waals surface area contributed by atoms with Gasteiger partial charge in [-0.15, -0.1) is 0 Å². The Morgan fingerprint density at radius 3 is 3.06 bits per heavy atom. The molecule has 1 heterocycles. The molecule has 0 spiro atoms. The number of carbonyl (C=O) groups is 1. The predicted octanol–water partition coefficient (Wildman–Crippen LogP) is -0.419. The van der Waals surface area contributed by atoms with Crippen molar-refractivity contribution in [1.82, 2.24) is 4.90 Å². The second-order valence-corrected chi connectivity index (χ2v) is 4.38. The van der Waals surface area contributed by atoms with E-state index in [0.29, 0.717) is 38.6 Å². The second kappa shape index (κ2) is 6.83. The van der Waals surface area contributed by atoms with E-state index in [1.165, 1.54) is 0 Å². The Bertz CT molecular complexity index is 223. The Balaban J connectivity index is 2.38. The molecule has 1 aliphatic rings. The van der Waals surface area contributed by atoms with Crippen molar-refractivity contribution < 1.29 is 14.6 Å². The number of nitrogens with two attached hydrogens (primary N) is 1. The van der Waals surface area contributed by atoms with Gasteiger partial charge in [0.15, 0.2) is 0 Å². The van der Waals surface area contributed by atoms with E-state index in [1.807, 2.05) is 6.92 Å². The summed E-state index contributed by atoms with van der Waals surface area (Å²) in [5.74, 6) is 0.472. The van der Waals surface area contributed by atoms with Crippen molar-refractivity contribution in [2.24, 2.45) is 11.7 Å². The van der Waals surface area contributed by atoms with Crippen LogP contribution >= 0.6 is 0 Å². The van der Waals surface area contributed by atoms with Crippen molar-refractivity contribution in [1.29, 1.82) is 0 Å². The molecule has 0 aliphatic carbocycles. The highest BCUT2D eigenvalue weighted by molar-refractivity contribution is 5.76. The second-order valence-electron chi connectivity index (χ2n) is 4.38. The Labute approximate surface area is 96.6 Å². The van der Waals surface area contributed by atoms with Gasteiger partial charge in [0.1, 0.15) is 0 Å². The number of aliphatic hydroxyl groups is 1. The molecule has 1 rings (SSSR count). The van der Waals surface area contributed by atoms with Gasteiger partial charge in [0.25, 0.3) is 0 Å². The molecule has 0 aromatic heterocycles. The van der Waals surface area contributed by atoms with Crippen LogP contribution in [0.15, 0.2) is 0 Å². The van der Waals surface area contributed by atoms with E-state index in [0.717, 1.165) is 6.42 Å². The van der Waals surface area contributed by atoms with Crippen LogP contribution in [0.1, 0.15) is 19.8 Å². The number of hydrogen-bond acceptors (Lipinski definition) is 4. The topological polar surface area (TPSA) is 75.8 Å². The summed E-state index contributed by atoms with van der Waals surface area (Å²) in [6.07, 6.45) is 1.32. The molecule has 3 N–H and O–H groups in total. The number of amides is 1. The number of hydrogen-bond donors (Lipinski definition) is 2. The van der Waals surface area contributed by atoms with Gasteiger partial charge in [-0.05, 0) is 18.9 Å². The van der Waals surface area contributed by atoms with E-state index in [9.17, 15) is 4.79 Å². The van der Waals surface area contributed by atoms with Crippen molar-refractivity contribution in [3.05, 3.63) is 0 Å². The lowest BCUT2D eigenvalue weighted by Crippen LogP contribution is -2.50. The summed E-state index contributed by atoms with van der Waals surface area (Å²) in [6, 6.07) is -0.172. The van der Waals surface area contributed by atoms with E-state index in [-0.39, 0.29) is 18.6 Å². The third-order valence-corrected chi connectivity index (χ3v) is 3.01. The van der Waals surface area contributed by atoms with Crippen molar-refractivity contribution in [3.63, 3.8) is 0 Å². The van der Waals surface area contributed by atoms with Gasteiger partial charge in [0.2, 0.25) is 5.91 Å². The van der Waals surface area contributed by atoms with E-state index < -0.39 is 0 Å². The van der Waals surface area contributed by atoms with Crippen LogP contribution in [-0.4, -0.2) is 54.9 Å². The van der Waals surface area contributed by atoms with Gasteiger partial charge >= 0.3 is 0 Å². The Kier molecular flexibility index (Phi) is 5.73. The van der Waals surface area contributed by atoms with E-state index >= 15 is 0 Å². The zero-order valence-electron chi connectivity index (χ0n) is 9.89. The molecular weight excluding hydrogens is 208 g/mol. The van der Waals surface area contributed by atoms with Crippen molar-refractivity contribution in [3.8, 4) is 0 Å². The standard InChI is InChI=1S/C11H22N2O3/c1-9(6-12)2-3-11(15)13-4-5-16-8-10(13)7-14/h9-10,14H,2-8,12H2,1H3. The van der Waals surface area contributed by atoms with Crippen LogP contribution in [0, 0.1) is 5.92 Å². The molecule has 0 saturated carbocycles. The summed E-state index contributed by atoms with van der Waals surface area (Å²) in [5, 5.41) is 9.14. The monoisotopic (exact) mass is 230 g/mol. The average Bonchev–Trinajstić information content (AvgIpc) is 2.35. The fourth-order valence-corrected chi connectivity index (χ4v) is 1.77. The number of aliphatic hydroxyl groups excluding tert-OH is 1. The molecule has 0 bridgehead atoms. The number of carbonyl (C=O) groups excluding carboxylic acids is 1. The molecule has 94 valence electrons. The van der Waals surface area contributed by atoms with Gasteiger partial charge in [-0.3, -0.25) is 4.79 Å². The lowest BCUT2D eigenvalue weighted by atomic mass is 10.0. The summed E-state index contributed by atoms with van der Waals surface area (Å²) >= 11 is 0. The highest BCUT2D eigenvalue weighted by atomic mass is 16.5. The summed E-state index contributed by atoms with van der Waals surface area (Å²) in [7, 11) is 0. The van der Waals surface area contributed by atoms with Gasteiger partial charge in [0, 0.05) is 13.0 Å². The summed E-state index contributed by atoms with van der Waals surface area (Å²) in [6.45, 7) is 4.21. The van der Waals surface area contributed by atoms with Crippen molar-refractivity contribution >= 4 is 5.91 Å². The molecule has 0 aromatic rings. The maximum atomic E-state index is 11.9. The molecule has 16 heavy (non-hydrogen) atoms. The summed E-state index contributed by atoms with van der Waals surface area (Å²) in [5.41, 5.74) is 5.51. The van der Waals surface area contributed by atoms with E-state index in [2.05, 4.69) is 0 Å². The first-order chi connectivity index (χ1) is 7.69. The number of nitrogens with zero attached hydrogens (tertiary/aromatic N) is 1. The highest BCUT2D eigenvalue weighted by Gasteiger charge is 2.26. The van der Waals surface area contributed by atoms with Crippen LogP contribution in [-0.2, 0) is 9.53 Å². The van der Waals surface area contributed by atoms with Crippen LogP contribution in [0.3, 0.4) is 0 Å². The van der Waals surface area contributed by atoms with Crippen LogP contribution in [0.4, 0.5) is 0 Å².